The maximum Gasteiger partial charge on any atom is 0.309 e. The van der Waals surface area contributed by atoms with Crippen LogP contribution in [0.4, 0.5) is 0 Å². The molecule has 0 spiro atoms. The molecule has 0 radical (unpaired) electrons. The van der Waals surface area contributed by atoms with Crippen molar-refractivity contribution in [1.82, 2.24) is 9.03 Å². The number of hydrogen-bond donors (Lipinski definition) is 2. The molecule has 0 saturated carbocycles. The lowest BCUT2D eigenvalue weighted by molar-refractivity contribution is -0.145. The standard InChI is InChI=1S/C8H16N2O4S/c1-8(2,3)9-15(13,14)10-4-6(5-10)7(11)12/h6,9H,4-5H2,1-3H3,(H,11,12). The van der Waals surface area contributed by atoms with Gasteiger partial charge in [0.15, 0.2) is 0 Å². The molecule has 88 valence electrons. The summed E-state index contributed by atoms with van der Waals surface area (Å²) in [6, 6.07) is 0. The third-order valence-electron chi connectivity index (χ3n) is 1.97. The molecule has 1 heterocycles. The fourth-order valence-corrected chi connectivity index (χ4v) is 2.90. The molecule has 0 aromatic carbocycles. The lowest BCUT2D eigenvalue weighted by atomic mass is 10.0. The average Bonchev–Trinajstić information content (AvgIpc) is 1.72. The van der Waals surface area contributed by atoms with Gasteiger partial charge in [0.05, 0.1) is 5.92 Å². The Balaban J connectivity index is 2.57. The van der Waals surface area contributed by atoms with E-state index in [1.54, 1.807) is 20.8 Å². The second-order valence-electron chi connectivity index (χ2n) is 4.71. The molecule has 0 aromatic heterocycles. The van der Waals surface area contributed by atoms with Crippen molar-refractivity contribution in [3.8, 4) is 0 Å². The first-order valence-corrected chi connectivity index (χ1v) is 6.08. The van der Waals surface area contributed by atoms with Crippen LogP contribution in [0.2, 0.25) is 0 Å². The lowest BCUT2D eigenvalue weighted by Gasteiger charge is -2.37. The third kappa shape index (κ3) is 3.15. The number of carboxylic acids is 1. The van der Waals surface area contributed by atoms with Crippen molar-refractivity contribution >= 4 is 16.2 Å². The van der Waals surface area contributed by atoms with E-state index in [2.05, 4.69) is 4.72 Å². The van der Waals surface area contributed by atoms with E-state index < -0.39 is 27.6 Å². The Morgan fingerprint density at radius 3 is 2.20 bits per heavy atom. The minimum absolute atomic E-state index is 0.0563. The number of carboxylic acid groups (broad SMARTS) is 1. The second kappa shape index (κ2) is 3.73. The first-order chi connectivity index (χ1) is 6.62. The zero-order valence-electron chi connectivity index (χ0n) is 9.02. The van der Waals surface area contributed by atoms with Crippen molar-refractivity contribution in [2.45, 2.75) is 26.3 Å². The van der Waals surface area contributed by atoms with Gasteiger partial charge < -0.3 is 5.11 Å². The molecular formula is C8H16N2O4S. The minimum Gasteiger partial charge on any atom is -0.481 e. The van der Waals surface area contributed by atoms with E-state index >= 15 is 0 Å². The predicted octanol–water partition coefficient (Wildman–Crippen LogP) is -0.364. The van der Waals surface area contributed by atoms with Crippen LogP contribution in [0, 0.1) is 5.92 Å². The number of aliphatic carboxylic acids is 1. The molecule has 1 aliphatic heterocycles. The SMILES string of the molecule is CC(C)(C)NS(=O)(=O)N1CC(C(=O)O)C1. The molecule has 1 saturated heterocycles. The summed E-state index contributed by atoms with van der Waals surface area (Å²) in [7, 11) is -3.53. The van der Waals surface area contributed by atoms with Gasteiger partial charge in [0, 0.05) is 18.6 Å². The number of nitrogens with zero attached hydrogens (tertiary/aromatic N) is 1. The van der Waals surface area contributed by atoms with E-state index in [4.69, 9.17) is 5.11 Å². The van der Waals surface area contributed by atoms with Crippen LogP contribution in [0.1, 0.15) is 20.8 Å². The van der Waals surface area contributed by atoms with E-state index in [1.807, 2.05) is 0 Å². The van der Waals surface area contributed by atoms with Crippen molar-refractivity contribution in [3.63, 3.8) is 0 Å². The molecule has 7 heteroatoms. The van der Waals surface area contributed by atoms with Crippen LogP contribution in [0.15, 0.2) is 0 Å². The van der Waals surface area contributed by atoms with E-state index in [0.29, 0.717) is 0 Å². The molecule has 0 aromatic rings. The largest absolute Gasteiger partial charge is 0.481 e. The first kappa shape index (κ1) is 12.4. The fraction of sp³-hybridized carbons (Fsp3) is 0.875. The highest BCUT2D eigenvalue weighted by Gasteiger charge is 2.40. The van der Waals surface area contributed by atoms with Crippen molar-refractivity contribution in [2.75, 3.05) is 13.1 Å². The Labute approximate surface area is 89.4 Å². The van der Waals surface area contributed by atoms with Crippen molar-refractivity contribution in [3.05, 3.63) is 0 Å². The van der Waals surface area contributed by atoms with Gasteiger partial charge in [0.25, 0.3) is 10.2 Å². The molecule has 0 aliphatic carbocycles. The molecule has 15 heavy (non-hydrogen) atoms. The zero-order valence-corrected chi connectivity index (χ0v) is 9.84. The highest BCUT2D eigenvalue weighted by atomic mass is 32.2. The van der Waals surface area contributed by atoms with Crippen molar-refractivity contribution in [2.24, 2.45) is 5.92 Å². The van der Waals surface area contributed by atoms with Crippen LogP contribution in [0.3, 0.4) is 0 Å². The average molecular weight is 236 g/mol. The summed E-state index contributed by atoms with van der Waals surface area (Å²) >= 11 is 0. The van der Waals surface area contributed by atoms with E-state index in [0.717, 1.165) is 4.31 Å². The van der Waals surface area contributed by atoms with Gasteiger partial charge in [-0.2, -0.15) is 17.4 Å². The Hall–Kier alpha value is -0.660. The summed E-state index contributed by atoms with van der Waals surface area (Å²) < 4.78 is 26.8. The van der Waals surface area contributed by atoms with Crippen LogP contribution in [0.5, 0.6) is 0 Å². The Morgan fingerprint density at radius 2 is 1.87 bits per heavy atom. The Morgan fingerprint density at radius 1 is 1.40 bits per heavy atom. The maximum absolute atomic E-state index is 11.6. The second-order valence-corrected chi connectivity index (χ2v) is 6.38. The minimum atomic E-state index is -3.53. The molecular weight excluding hydrogens is 220 g/mol. The van der Waals surface area contributed by atoms with Gasteiger partial charge in [0.1, 0.15) is 0 Å². The van der Waals surface area contributed by atoms with Gasteiger partial charge in [-0.3, -0.25) is 4.79 Å². The predicted molar refractivity (Wildman–Crippen MR) is 54.5 cm³/mol. The van der Waals surface area contributed by atoms with Crippen LogP contribution in [-0.2, 0) is 15.0 Å². The molecule has 1 rings (SSSR count). The summed E-state index contributed by atoms with van der Waals surface area (Å²) in [6.45, 7) is 5.32. The summed E-state index contributed by atoms with van der Waals surface area (Å²) in [5.74, 6) is -1.52. The van der Waals surface area contributed by atoms with Gasteiger partial charge in [0.2, 0.25) is 0 Å². The lowest BCUT2D eigenvalue weighted by Crippen LogP contribution is -2.58. The first-order valence-electron chi connectivity index (χ1n) is 4.64. The molecule has 1 fully saturated rings. The summed E-state index contributed by atoms with van der Waals surface area (Å²) in [6.07, 6.45) is 0. The number of carbonyl (C=O) groups is 1. The molecule has 6 nitrogen and oxygen atoms in total. The topological polar surface area (TPSA) is 86.7 Å². The van der Waals surface area contributed by atoms with Crippen LogP contribution >= 0.6 is 0 Å². The summed E-state index contributed by atoms with van der Waals surface area (Å²) in [5, 5.41) is 8.61. The smallest absolute Gasteiger partial charge is 0.309 e. The van der Waals surface area contributed by atoms with E-state index in [9.17, 15) is 13.2 Å². The fourth-order valence-electron chi connectivity index (χ4n) is 1.24. The normalized spacial score (nSPS) is 19.9. The third-order valence-corrected chi connectivity index (χ3v) is 3.82. The van der Waals surface area contributed by atoms with Gasteiger partial charge in [-0.05, 0) is 20.8 Å². The molecule has 0 unspecified atom stereocenters. The molecule has 0 amide bonds. The molecule has 0 atom stereocenters. The molecule has 2 N–H and O–H groups in total. The highest BCUT2D eigenvalue weighted by Crippen LogP contribution is 2.19. The maximum atomic E-state index is 11.6. The van der Waals surface area contributed by atoms with Gasteiger partial charge in [-0.15, -0.1) is 0 Å². The quantitative estimate of drug-likeness (QED) is 0.700. The number of rotatable bonds is 3. The monoisotopic (exact) mass is 236 g/mol. The van der Waals surface area contributed by atoms with E-state index in [1.165, 1.54) is 0 Å². The van der Waals surface area contributed by atoms with Crippen molar-refractivity contribution in [1.29, 1.82) is 0 Å². The van der Waals surface area contributed by atoms with Gasteiger partial charge in [-0.25, -0.2) is 0 Å². The van der Waals surface area contributed by atoms with Gasteiger partial charge >= 0.3 is 5.97 Å². The summed E-state index contributed by atoms with van der Waals surface area (Å²) in [5.41, 5.74) is -0.548. The van der Waals surface area contributed by atoms with Crippen LogP contribution in [-0.4, -0.2) is 42.4 Å². The number of hydrogen-bond acceptors (Lipinski definition) is 3. The van der Waals surface area contributed by atoms with Crippen LogP contribution in [0.25, 0.3) is 0 Å². The number of nitrogens with one attached hydrogen (secondary N) is 1. The highest BCUT2D eigenvalue weighted by molar-refractivity contribution is 7.87. The molecule has 1 aliphatic rings. The zero-order chi connectivity index (χ0) is 11.9. The molecule has 0 bridgehead atoms. The Bertz CT molecular complexity index is 351. The van der Waals surface area contributed by atoms with Crippen LogP contribution < -0.4 is 4.72 Å². The van der Waals surface area contributed by atoms with Crippen molar-refractivity contribution < 1.29 is 18.3 Å². The van der Waals surface area contributed by atoms with Gasteiger partial charge in [-0.1, -0.05) is 0 Å². The Kier molecular flexibility index (Phi) is 3.09. The van der Waals surface area contributed by atoms with E-state index in [-0.39, 0.29) is 13.1 Å². The summed E-state index contributed by atoms with van der Waals surface area (Å²) in [4.78, 5) is 10.5.